The number of nitrogens with one attached hydrogen (secondary N) is 1. The Balaban J connectivity index is 1.48. The topological polar surface area (TPSA) is 72.7 Å². The van der Waals surface area contributed by atoms with Crippen LogP contribution in [0.1, 0.15) is 18.4 Å². The minimum absolute atomic E-state index is 0.441. The van der Waals surface area contributed by atoms with Crippen molar-refractivity contribution in [2.24, 2.45) is 9.98 Å². The van der Waals surface area contributed by atoms with Crippen molar-refractivity contribution >= 4 is 23.9 Å². The first kappa shape index (κ1) is 19.1. The monoisotopic (exact) mass is 379 g/mol. The highest BCUT2D eigenvalue weighted by molar-refractivity contribution is 6.30. The average molecular weight is 380 g/mol. The molecular weight excluding hydrogens is 354 g/mol. The van der Waals surface area contributed by atoms with Crippen LogP contribution >= 0.6 is 11.6 Å². The van der Waals surface area contributed by atoms with Crippen LogP contribution in [0.5, 0.6) is 0 Å². The molecule has 0 amide bonds. The fourth-order valence-corrected chi connectivity index (χ4v) is 3.49. The number of hydroxylamine groups is 1. The van der Waals surface area contributed by atoms with E-state index >= 15 is 0 Å². The van der Waals surface area contributed by atoms with Crippen LogP contribution in [0.2, 0.25) is 5.02 Å². The van der Waals surface area contributed by atoms with Gasteiger partial charge in [-0.3, -0.25) is 15.1 Å². The van der Waals surface area contributed by atoms with Crippen molar-refractivity contribution in [3.05, 3.63) is 34.9 Å². The first-order chi connectivity index (χ1) is 12.8. The molecule has 1 aromatic carbocycles. The second-order valence-corrected chi connectivity index (χ2v) is 6.95. The van der Waals surface area contributed by atoms with Crippen molar-refractivity contribution in [1.29, 1.82) is 0 Å². The molecule has 2 N–H and O–H groups in total. The number of nitrogens with zero attached hydrogens (tertiary/aromatic N) is 4. The summed E-state index contributed by atoms with van der Waals surface area (Å²) in [6, 6.07) is 8.17. The van der Waals surface area contributed by atoms with E-state index in [9.17, 15) is 5.21 Å². The van der Waals surface area contributed by atoms with Crippen LogP contribution in [0.3, 0.4) is 0 Å². The highest BCUT2D eigenvalue weighted by atomic mass is 35.5. The summed E-state index contributed by atoms with van der Waals surface area (Å²) in [5.74, 6) is 0.441. The van der Waals surface area contributed by atoms with E-state index in [1.807, 2.05) is 29.2 Å². The van der Waals surface area contributed by atoms with E-state index < -0.39 is 0 Å². The third-order valence-electron chi connectivity index (χ3n) is 4.87. The van der Waals surface area contributed by atoms with E-state index in [1.165, 1.54) is 6.34 Å². The number of ether oxygens (including phenoxy) is 1. The van der Waals surface area contributed by atoms with Crippen molar-refractivity contribution in [3.63, 3.8) is 0 Å². The van der Waals surface area contributed by atoms with Gasteiger partial charge in [0.25, 0.3) is 0 Å². The Bertz CT molecular complexity index is 609. The molecule has 0 radical (unpaired) electrons. The molecule has 0 atom stereocenters. The summed E-state index contributed by atoms with van der Waals surface area (Å²) >= 11 is 5.87. The Morgan fingerprint density at radius 2 is 1.88 bits per heavy atom. The standard InChI is InChI=1S/C18H26ClN5O2/c19-16-3-1-15(2-4-16)13-20-14-21-18(22-25)24-9-7-23(8-10-24)17-5-11-26-12-6-17/h1-4,14,17,25H,5-13H2,(H,20,21,22). The first-order valence-corrected chi connectivity index (χ1v) is 9.41. The Hall–Kier alpha value is -1.67. The highest BCUT2D eigenvalue weighted by Crippen LogP contribution is 2.16. The number of guanidine groups is 1. The van der Waals surface area contributed by atoms with Crippen molar-refractivity contribution < 1.29 is 9.94 Å². The molecule has 0 unspecified atom stereocenters. The van der Waals surface area contributed by atoms with Gasteiger partial charge in [0.15, 0.2) is 0 Å². The van der Waals surface area contributed by atoms with Gasteiger partial charge in [-0.1, -0.05) is 23.7 Å². The van der Waals surface area contributed by atoms with Gasteiger partial charge in [0.05, 0.1) is 6.54 Å². The van der Waals surface area contributed by atoms with Gasteiger partial charge in [-0.15, -0.1) is 0 Å². The molecule has 8 heteroatoms. The predicted molar refractivity (Wildman–Crippen MR) is 103 cm³/mol. The molecule has 0 saturated carbocycles. The molecule has 0 bridgehead atoms. The van der Waals surface area contributed by atoms with Gasteiger partial charge in [0.1, 0.15) is 6.34 Å². The maximum atomic E-state index is 9.41. The Kier molecular flexibility index (Phi) is 7.25. The van der Waals surface area contributed by atoms with Crippen molar-refractivity contribution in [1.82, 2.24) is 15.3 Å². The largest absolute Gasteiger partial charge is 0.381 e. The minimum Gasteiger partial charge on any atom is -0.381 e. The molecule has 7 nitrogen and oxygen atoms in total. The van der Waals surface area contributed by atoms with Crippen molar-refractivity contribution in [3.8, 4) is 0 Å². The number of hydrogen-bond acceptors (Lipinski definition) is 4. The fourth-order valence-electron chi connectivity index (χ4n) is 3.36. The zero-order chi connectivity index (χ0) is 18.2. The Morgan fingerprint density at radius 3 is 2.54 bits per heavy atom. The van der Waals surface area contributed by atoms with E-state index in [1.54, 1.807) is 0 Å². The summed E-state index contributed by atoms with van der Waals surface area (Å²) in [5, 5.41) is 10.1. The quantitative estimate of drug-likeness (QED) is 0.475. The summed E-state index contributed by atoms with van der Waals surface area (Å²) in [7, 11) is 0. The zero-order valence-corrected chi connectivity index (χ0v) is 15.6. The van der Waals surface area contributed by atoms with Gasteiger partial charge in [0.2, 0.25) is 5.96 Å². The third-order valence-corrected chi connectivity index (χ3v) is 5.12. The molecule has 142 valence electrons. The summed E-state index contributed by atoms with van der Waals surface area (Å²) < 4.78 is 5.44. The zero-order valence-electron chi connectivity index (χ0n) is 14.9. The third kappa shape index (κ3) is 5.41. The van der Waals surface area contributed by atoms with Crippen molar-refractivity contribution in [2.45, 2.75) is 25.4 Å². The van der Waals surface area contributed by atoms with Crippen LogP contribution in [-0.4, -0.2) is 72.7 Å². The van der Waals surface area contributed by atoms with Gasteiger partial charge < -0.3 is 9.64 Å². The van der Waals surface area contributed by atoms with Gasteiger partial charge in [-0.2, -0.15) is 0 Å². The maximum absolute atomic E-state index is 9.41. The number of halogens is 1. The van der Waals surface area contributed by atoms with Gasteiger partial charge in [0, 0.05) is 50.5 Å². The molecule has 0 spiro atoms. The molecule has 2 aliphatic heterocycles. The molecule has 0 aromatic heterocycles. The van der Waals surface area contributed by atoms with Crippen LogP contribution in [0.4, 0.5) is 0 Å². The van der Waals surface area contributed by atoms with Crippen LogP contribution in [0, 0.1) is 0 Å². The van der Waals surface area contributed by atoms with Crippen LogP contribution in [-0.2, 0) is 11.3 Å². The Labute approximate surface area is 159 Å². The second kappa shape index (κ2) is 9.87. The highest BCUT2D eigenvalue weighted by Gasteiger charge is 2.26. The van der Waals surface area contributed by atoms with Crippen LogP contribution in [0.25, 0.3) is 0 Å². The minimum atomic E-state index is 0.441. The van der Waals surface area contributed by atoms with Gasteiger partial charge in [-0.25, -0.2) is 10.5 Å². The molecule has 3 rings (SSSR count). The SMILES string of the molecule is ONC(=NC=NCc1ccc(Cl)cc1)N1CCN(C2CCOCC2)CC1. The molecular formula is C18H26ClN5O2. The van der Waals surface area contributed by atoms with Gasteiger partial charge >= 0.3 is 0 Å². The van der Waals surface area contributed by atoms with E-state index in [4.69, 9.17) is 16.3 Å². The lowest BCUT2D eigenvalue weighted by Crippen LogP contribution is -2.55. The summed E-state index contributed by atoms with van der Waals surface area (Å²) in [6.45, 7) is 5.83. The normalized spacial score (nSPS) is 20.7. The molecule has 1 aromatic rings. The Morgan fingerprint density at radius 1 is 1.19 bits per heavy atom. The van der Waals surface area contributed by atoms with Crippen molar-refractivity contribution in [2.75, 3.05) is 39.4 Å². The smallest absolute Gasteiger partial charge is 0.224 e. The summed E-state index contributed by atoms with van der Waals surface area (Å²) in [4.78, 5) is 13.1. The molecule has 0 aliphatic carbocycles. The van der Waals surface area contributed by atoms with E-state index in [2.05, 4.69) is 20.4 Å². The fraction of sp³-hybridized carbons (Fsp3) is 0.556. The van der Waals surface area contributed by atoms with Gasteiger partial charge in [-0.05, 0) is 30.5 Å². The lowest BCUT2D eigenvalue weighted by Gasteiger charge is -2.41. The first-order valence-electron chi connectivity index (χ1n) is 9.03. The average Bonchev–Trinajstić information content (AvgIpc) is 2.70. The summed E-state index contributed by atoms with van der Waals surface area (Å²) in [6.07, 6.45) is 3.70. The molecule has 2 saturated heterocycles. The maximum Gasteiger partial charge on any atom is 0.224 e. The molecule has 2 heterocycles. The lowest BCUT2D eigenvalue weighted by atomic mass is 10.1. The number of benzene rings is 1. The van der Waals surface area contributed by atoms with Crippen LogP contribution in [0.15, 0.2) is 34.3 Å². The second-order valence-electron chi connectivity index (χ2n) is 6.51. The number of aliphatic imine (C=N–C) groups is 2. The van der Waals surface area contributed by atoms with E-state index in [0.29, 0.717) is 23.6 Å². The summed E-state index contributed by atoms with van der Waals surface area (Å²) in [5.41, 5.74) is 3.26. The lowest BCUT2D eigenvalue weighted by molar-refractivity contribution is 0.0205. The van der Waals surface area contributed by atoms with E-state index in [0.717, 1.165) is 57.8 Å². The molecule has 2 aliphatic rings. The number of rotatable bonds is 4. The number of piperazine rings is 1. The molecule has 2 fully saturated rings. The van der Waals surface area contributed by atoms with E-state index in [-0.39, 0.29) is 0 Å². The number of hydrogen-bond donors (Lipinski definition) is 2. The predicted octanol–water partition coefficient (Wildman–Crippen LogP) is 2.00. The molecule has 26 heavy (non-hydrogen) atoms. The van der Waals surface area contributed by atoms with Crippen LogP contribution < -0.4 is 5.48 Å².